The summed E-state index contributed by atoms with van der Waals surface area (Å²) in [7, 11) is 1.44. The number of fused-ring (bicyclic) bond motifs is 1. The van der Waals surface area contributed by atoms with Crippen LogP contribution < -0.4 is 15.0 Å². The van der Waals surface area contributed by atoms with E-state index in [9.17, 15) is 14.7 Å². The van der Waals surface area contributed by atoms with Gasteiger partial charge in [-0.25, -0.2) is 0 Å². The maximum absolute atomic E-state index is 12.3. The molecule has 2 aromatic rings. The first-order valence-electron chi connectivity index (χ1n) is 6.81. The average Bonchev–Trinajstić information content (AvgIpc) is 2.46. The van der Waals surface area contributed by atoms with Crippen LogP contribution in [0, 0.1) is 6.92 Å². The molecule has 0 fully saturated rings. The number of carbonyl (C=O) groups is 1. The number of pyridine rings is 1. The molecule has 2 heterocycles. The highest BCUT2D eigenvalue weighted by molar-refractivity contribution is 5.77. The summed E-state index contributed by atoms with van der Waals surface area (Å²) in [6.45, 7) is 1.72. The minimum Gasteiger partial charge on any atom is -0.504 e. The van der Waals surface area contributed by atoms with Crippen molar-refractivity contribution in [3.05, 3.63) is 51.4 Å². The molecule has 6 nitrogen and oxygen atoms in total. The fourth-order valence-electron chi connectivity index (χ4n) is 2.71. The SMILES string of the molecule is COc1cc([C@H]2CC(=O)Oc3cc(C)[nH]c(=O)c32)ccc1O. The van der Waals surface area contributed by atoms with E-state index in [1.165, 1.54) is 13.2 Å². The molecule has 0 radical (unpaired) electrons. The topological polar surface area (TPSA) is 88.6 Å². The largest absolute Gasteiger partial charge is 0.504 e. The number of nitrogens with one attached hydrogen (secondary N) is 1. The minimum absolute atomic E-state index is 0.00248. The van der Waals surface area contributed by atoms with Gasteiger partial charge in [0.15, 0.2) is 11.5 Å². The van der Waals surface area contributed by atoms with Crippen molar-refractivity contribution in [3.8, 4) is 17.2 Å². The monoisotopic (exact) mass is 301 g/mol. The Kier molecular flexibility index (Phi) is 3.36. The van der Waals surface area contributed by atoms with Crippen molar-refractivity contribution < 1.29 is 19.4 Å². The van der Waals surface area contributed by atoms with E-state index < -0.39 is 11.9 Å². The molecular weight excluding hydrogens is 286 g/mol. The van der Waals surface area contributed by atoms with Gasteiger partial charge in [0.1, 0.15) is 5.75 Å². The van der Waals surface area contributed by atoms with Gasteiger partial charge in [0.2, 0.25) is 0 Å². The number of phenolic OH excluding ortho intramolecular Hbond substituents is 1. The molecule has 22 heavy (non-hydrogen) atoms. The van der Waals surface area contributed by atoms with Gasteiger partial charge < -0.3 is 19.6 Å². The van der Waals surface area contributed by atoms with Crippen LogP contribution in [0.2, 0.25) is 0 Å². The van der Waals surface area contributed by atoms with E-state index >= 15 is 0 Å². The van der Waals surface area contributed by atoms with Crippen LogP contribution in [0.4, 0.5) is 0 Å². The lowest BCUT2D eigenvalue weighted by molar-refractivity contribution is -0.135. The summed E-state index contributed by atoms with van der Waals surface area (Å²) in [6.07, 6.45) is 0.0626. The lowest BCUT2D eigenvalue weighted by Crippen LogP contribution is -2.28. The summed E-state index contributed by atoms with van der Waals surface area (Å²) in [5, 5.41) is 9.69. The first kappa shape index (κ1) is 14.2. The fraction of sp³-hybridized carbons (Fsp3) is 0.250. The summed E-state index contributed by atoms with van der Waals surface area (Å²) in [6, 6.07) is 6.42. The molecule has 2 N–H and O–H groups in total. The van der Waals surface area contributed by atoms with Crippen LogP contribution >= 0.6 is 0 Å². The highest BCUT2D eigenvalue weighted by Crippen LogP contribution is 2.39. The zero-order valence-electron chi connectivity index (χ0n) is 12.2. The first-order chi connectivity index (χ1) is 10.5. The molecule has 0 saturated carbocycles. The Balaban J connectivity index is 2.17. The molecule has 3 rings (SSSR count). The standard InChI is InChI=1S/C16H15NO5/c1-8-5-13-15(16(20)17-8)10(7-14(19)22-13)9-3-4-11(18)12(6-9)21-2/h3-6,10,18H,7H2,1-2H3,(H,17,20)/t10-/m1/s1. The van der Waals surface area contributed by atoms with Gasteiger partial charge in [-0.1, -0.05) is 6.07 Å². The molecule has 6 heteroatoms. The number of hydrogen-bond acceptors (Lipinski definition) is 5. The van der Waals surface area contributed by atoms with E-state index in [-0.39, 0.29) is 23.5 Å². The number of esters is 1. The lowest BCUT2D eigenvalue weighted by Gasteiger charge is -2.24. The minimum atomic E-state index is -0.435. The van der Waals surface area contributed by atoms with Crippen LogP contribution in [-0.4, -0.2) is 23.2 Å². The fourth-order valence-corrected chi connectivity index (χ4v) is 2.71. The number of phenols is 1. The number of ether oxygens (including phenoxy) is 2. The molecule has 1 atom stereocenters. The third-order valence-electron chi connectivity index (χ3n) is 3.72. The van der Waals surface area contributed by atoms with E-state index in [2.05, 4.69) is 4.98 Å². The molecule has 0 bridgehead atoms. The van der Waals surface area contributed by atoms with Gasteiger partial charge in [0, 0.05) is 17.7 Å². The number of aromatic amines is 1. The number of methoxy groups -OCH3 is 1. The quantitative estimate of drug-likeness (QED) is 0.826. The average molecular weight is 301 g/mol. The maximum Gasteiger partial charge on any atom is 0.312 e. The first-order valence-corrected chi connectivity index (χ1v) is 6.81. The highest BCUT2D eigenvalue weighted by Gasteiger charge is 2.31. The van der Waals surface area contributed by atoms with Gasteiger partial charge in [-0.2, -0.15) is 0 Å². The van der Waals surface area contributed by atoms with Crippen LogP contribution in [-0.2, 0) is 4.79 Å². The van der Waals surface area contributed by atoms with Crippen molar-refractivity contribution >= 4 is 5.97 Å². The van der Waals surface area contributed by atoms with Gasteiger partial charge >= 0.3 is 5.97 Å². The van der Waals surface area contributed by atoms with Crippen molar-refractivity contribution in [3.63, 3.8) is 0 Å². The number of aromatic nitrogens is 1. The Morgan fingerprint density at radius 3 is 2.82 bits per heavy atom. The summed E-state index contributed by atoms with van der Waals surface area (Å²) < 4.78 is 10.3. The highest BCUT2D eigenvalue weighted by atomic mass is 16.5. The Hall–Kier alpha value is -2.76. The molecule has 1 aromatic carbocycles. The van der Waals surface area contributed by atoms with Gasteiger partial charge in [-0.3, -0.25) is 9.59 Å². The van der Waals surface area contributed by atoms with Gasteiger partial charge in [0.05, 0.1) is 19.1 Å². The number of hydrogen-bond donors (Lipinski definition) is 2. The van der Waals surface area contributed by atoms with Crippen LogP contribution in [0.3, 0.4) is 0 Å². The van der Waals surface area contributed by atoms with Crippen molar-refractivity contribution in [1.82, 2.24) is 4.98 Å². The molecule has 1 aromatic heterocycles. The molecule has 1 aliphatic rings. The van der Waals surface area contributed by atoms with Crippen LogP contribution in [0.15, 0.2) is 29.1 Å². The lowest BCUT2D eigenvalue weighted by atomic mass is 9.87. The molecular formula is C16H15NO5. The zero-order chi connectivity index (χ0) is 15.9. The molecule has 0 aliphatic carbocycles. The number of benzene rings is 1. The second-order valence-electron chi connectivity index (χ2n) is 5.22. The van der Waals surface area contributed by atoms with Crippen LogP contribution in [0.5, 0.6) is 17.2 Å². The smallest absolute Gasteiger partial charge is 0.312 e. The van der Waals surface area contributed by atoms with E-state index in [0.29, 0.717) is 22.6 Å². The zero-order valence-corrected chi connectivity index (χ0v) is 12.2. The number of carbonyl (C=O) groups excluding carboxylic acids is 1. The van der Waals surface area contributed by atoms with Crippen LogP contribution in [0.25, 0.3) is 0 Å². The third-order valence-corrected chi connectivity index (χ3v) is 3.72. The van der Waals surface area contributed by atoms with E-state index in [1.807, 2.05) is 0 Å². The van der Waals surface area contributed by atoms with Crippen molar-refractivity contribution in [2.75, 3.05) is 7.11 Å². The summed E-state index contributed by atoms with van der Waals surface area (Å²) >= 11 is 0. The Bertz CT molecular complexity index is 809. The van der Waals surface area contributed by atoms with Gasteiger partial charge in [-0.15, -0.1) is 0 Å². The molecule has 0 spiro atoms. The van der Waals surface area contributed by atoms with Gasteiger partial charge in [0.25, 0.3) is 5.56 Å². The molecule has 0 saturated heterocycles. The molecule has 0 unspecified atom stereocenters. The Morgan fingerprint density at radius 2 is 2.09 bits per heavy atom. The van der Waals surface area contributed by atoms with Crippen molar-refractivity contribution in [1.29, 1.82) is 0 Å². The molecule has 1 aliphatic heterocycles. The van der Waals surface area contributed by atoms with Crippen molar-refractivity contribution in [2.24, 2.45) is 0 Å². The van der Waals surface area contributed by atoms with E-state index in [4.69, 9.17) is 9.47 Å². The second kappa shape index (κ2) is 5.22. The van der Waals surface area contributed by atoms with Gasteiger partial charge in [-0.05, 0) is 24.6 Å². The second-order valence-corrected chi connectivity index (χ2v) is 5.22. The molecule has 114 valence electrons. The summed E-state index contributed by atoms with van der Waals surface area (Å²) in [4.78, 5) is 26.8. The van der Waals surface area contributed by atoms with E-state index in [0.717, 1.165) is 0 Å². The summed E-state index contributed by atoms with van der Waals surface area (Å²) in [5.74, 6) is -0.247. The van der Waals surface area contributed by atoms with E-state index in [1.54, 1.807) is 25.1 Å². The Labute approximate surface area is 126 Å². The molecule has 0 amide bonds. The Morgan fingerprint density at radius 1 is 1.32 bits per heavy atom. The number of rotatable bonds is 2. The van der Waals surface area contributed by atoms with Crippen LogP contribution in [0.1, 0.15) is 29.2 Å². The third kappa shape index (κ3) is 2.32. The normalized spacial score (nSPS) is 16.8. The number of aromatic hydroxyl groups is 1. The predicted molar refractivity (Wildman–Crippen MR) is 78.6 cm³/mol. The summed E-state index contributed by atoms with van der Waals surface area (Å²) in [5.41, 5.74) is 1.47. The van der Waals surface area contributed by atoms with Crippen molar-refractivity contribution in [2.45, 2.75) is 19.3 Å². The predicted octanol–water partition coefficient (Wildman–Crippen LogP) is 1.84. The number of aryl methyl sites for hydroxylation is 1. The maximum atomic E-state index is 12.3. The number of H-pyrrole nitrogens is 1.